The van der Waals surface area contributed by atoms with Gasteiger partial charge in [0, 0.05) is 26.2 Å². The summed E-state index contributed by atoms with van der Waals surface area (Å²) in [7, 11) is 0. The molecule has 1 saturated heterocycles. The highest BCUT2D eigenvalue weighted by Gasteiger charge is 2.47. The van der Waals surface area contributed by atoms with Gasteiger partial charge in [-0.15, -0.1) is 0 Å². The Morgan fingerprint density at radius 1 is 0.821 bits per heavy atom. The largest absolute Gasteiger partial charge is 0.454 e. The first-order valence-electron chi connectivity index (χ1n) is 12.5. The lowest BCUT2D eigenvalue weighted by Crippen LogP contribution is -2.52. The highest BCUT2D eigenvalue weighted by molar-refractivity contribution is 5.84. The van der Waals surface area contributed by atoms with Crippen molar-refractivity contribution in [1.29, 1.82) is 0 Å². The molecular formula is C29H27F3N2O5. The van der Waals surface area contributed by atoms with E-state index in [9.17, 15) is 22.8 Å². The van der Waals surface area contributed by atoms with Crippen molar-refractivity contribution < 1.29 is 37.0 Å². The number of amides is 1. The third kappa shape index (κ3) is 5.85. The Balaban J connectivity index is 1.36. The molecule has 39 heavy (non-hydrogen) atoms. The molecule has 3 aromatic carbocycles. The van der Waals surface area contributed by atoms with Crippen LogP contribution < -0.4 is 9.47 Å². The molecule has 0 saturated carbocycles. The van der Waals surface area contributed by atoms with E-state index in [-0.39, 0.29) is 25.9 Å². The molecule has 5 rings (SSSR count). The van der Waals surface area contributed by atoms with Crippen LogP contribution in [0.15, 0.2) is 72.8 Å². The Morgan fingerprint density at radius 3 is 2.08 bits per heavy atom. The maximum atomic E-state index is 13.1. The number of piperazine rings is 1. The van der Waals surface area contributed by atoms with Gasteiger partial charge in [-0.05, 0) is 41.3 Å². The summed E-state index contributed by atoms with van der Waals surface area (Å²) in [4.78, 5) is 27.3. The van der Waals surface area contributed by atoms with Crippen molar-refractivity contribution in [3.63, 3.8) is 0 Å². The van der Waals surface area contributed by atoms with Crippen molar-refractivity contribution in [3.05, 3.63) is 83.9 Å². The topological polar surface area (TPSA) is 68.3 Å². The van der Waals surface area contributed by atoms with E-state index in [0.29, 0.717) is 24.6 Å². The number of ether oxygens (including phenoxy) is 3. The minimum absolute atomic E-state index is 0.143. The van der Waals surface area contributed by atoms with E-state index in [4.69, 9.17) is 9.47 Å². The summed E-state index contributed by atoms with van der Waals surface area (Å²) < 4.78 is 55.0. The minimum atomic E-state index is -4.96. The lowest BCUT2D eigenvalue weighted by molar-refractivity contribution is -0.204. The highest BCUT2D eigenvalue weighted by Crippen LogP contribution is 2.38. The molecule has 1 amide bonds. The van der Waals surface area contributed by atoms with E-state index >= 15 is 0 Å². The summed E-state index contributed by atoms with van der Waals surface area (Å²) in [5.41, 5.74) is 4.13. The number of alkyl halides is 3. The molecule has 204 valence electrons. The molecule has 3 aromatic rings. The molecule has 2 unspecified atom stereocenters. The van der Waals surface area contributed by atoms with E-state index in [1.165, 1.54) is 4.90 Å². The van der Waals surface area contributed by atoms with Crippen molar-refractivity contribution >= 4 is 11.9 Å². The predicted octanol–water partition coefficient (Wildman–Crippen LogP) is 5.45. The second-order valence-corrected chi connectivity index (χ2v) is 9.44. The highest BCUT2D eigenvalue weighted by atomic mass is 19.4. The van der Waals surface area contributed by atoms with Gasteiger partial charge < -0.3 is 19.1 Å². The lowest BCUT2D eigenvalue weighted by Gasteiger charge is -2.39. The summed E-state index contributed by atoms with van der Waals surface area (Å²) in [6.07, 6.45) is -8.88. The molecule has 1 fully saturated rings. The van der Waals surface area contributed by atoms with E-state index in [2.05, 4.69) is 33.9 Å². The van der Waals surface area contributed by atoms with Gasteiger partial charge in [0.05, 0.1) is 6.04 Å². The van der Waals surface area contributed by atoms with Crippen LogP contribution in [0.2, 0.25) is 0 Å². The van der Waals surface area contributed by atoms with Crippen molar-refractivity contribution in [2.45, 2.75) is 25.2 Å². The molecule has 0 bridgehead atoms. The second-order valence-electron chi connectivity index (χ2n) is 9.44. The molecule has 0 aromatic heterocycles. The Labute approximate surface area is 223 Å². The number of nitrogens with zero attached hydrogens (tertiary/aromatic N) is 2. The fraction of sp³-hybridized carbons (Fsp3) is 0.310. The molecule has 0 N–H and O–H groups in total. The van der Waals surface area contributed by atoms with Gasteiger partial charge in [0.1, 0.15) is 0 Å². The van der Waals surface area contributed by atoms with Crippen LogP contribution in [0, 0.1) is 0 Å². The molecular weight excluding hydrogens is 513 g/mol. The molecule has 7 nitrogen and oxygen atoms in total. The monoisotopic (exact) mass is 540 g/mol. The SMILES string of the molecule is CC(=O)C(OC(=O)N1CCN(C(c2ccc(-c3ccccc3)cc2)c2ccc3c(c2)OCO3)CC1)C(F)(F)F. The number of halogens is 3. The fourth-order valence-corrected chi connectivity index (χ4v) is 4.90. The van der Waals surface area contributed by atoms with Crippen LogP contribution in [0.25, 0.3) is 11.1 Å². The standard InChI is InChI=1S/C29H27F3N2O5/c1-19(35)27(29(30,31)32)39-28(36)34-15-13-33(14-16-34)26(23-11-12-24-25(17-23)38-18-37-24)22-9-7-21(8-10-22)20-5-3-2-4-6-20/h2-12,17,26-27H,13-16,18H2,1H3. The van der Waals surface area contributed by atoms with Gasteiger partial charge in [0.25, 0.3) is 6.10 Å². The van der Waals surface area contributed by atoms with Gasteiger partial charge in [-0.3, -0.25) is 9.69 Å². The van der Waals surface area contributed by atoms with Gasteiger partial charge in [-0.1, -0.05) is 60.7 Å². The Kier molecular flexibility index (Phi) is 7.47. The molecule has 0 spiro atoms. The van der Waals surface area contributed by atoms with Crippen LogP contribution in [0.1, 0.15) is 24.1 Å². The number of Topliss-reactive ketones (excluding diaryl/α,β-unsaturated/α-hetero) is 1. The molecule has 10 heteroatoms. The Morgan fingerprint density at radius 2 is 1.44 bits per heavy atom. The van der Waals surface area contributed by atoms with Crippen molar-refractivity contribution in [2.75, 3.05) is 33.0 Å². The van der Waals surface area contributed by atoms with Crippen LogP contribution in [-0.4, -0.2) is 66.9 Å². The molecule has 2 aliphatic heterocycles. The lowest BCUT2D eigenvalue weighted by atomic mass is 9.94. The Hall–Kier alpha value is -4.05. The maximum absolute atomic E-state index is 13.1. The molecule has 2 heterocycles. The second kappa shape index (κ2) is 11.0. The van der Waals surface area contributed by atoms with Crippen LogP contribution in [0.3, 0.4) is 0 Å². The normalized spacial score (nSPS) is 17.0. The first-order valence-corrected chi connectivity index (χ1v) is 12.5. The summed E-state index contributed by atoms with van der Waals surface area (Å²) in [5, 5.41) is 0. The first kappa shape index (κ1) is 26.6. The van der Waals surface area contributed by atoms with Crippen molar-refractivity contribution in [1.82, 2.24) is 9.80 Å². The number of hydrogen-bond donors (Lipinski definition) is 0. The van der Waals surface area contributed by atoms with Crippen molar-refractivity contribution in [3.8, 4) is 22.6 Å². The van der Waals surface area contributed by atoms with Gasteiger partial charge in [0.15, 0.2) is 17.3 Å². The van der Waals surface area contributed by atoms with Gasteiger partial charge in [-0.2, -0.15) is 13.2 Å². The predicted molar refractivity (Wildman–Crippen MR) is 136 cm³/mol. The first-order chi connectivity index (χ1) is 18.7. The number of benzene rings is 3. The number of ketones is 1. The van der Waals surface area contributed by atoms with E-state index in [0.717, 1.165) is 29.2 Å². The summed E-state index contributed by atoms with van der Waals surface area (Å²) in [6, 6.07) is 23.8. The van der Waals surface area contributed by atoms with Crippen molar-refractivity contribution in [2.24, 2.45) is 0 Å². The van der Waals surface area contributed by atoms with Crippen LogP contribution in [0.5, 0.6) is 11.5 Å². The molecule has 0 aliphatic carbocycles. The van der Waals surface area contributed by atoms with E-state index in [1.54, 1.807) is 0 Å². The number of rotatable bonds is 6. The smallest absolute Gasteiger partial charge is 0.432 e. The molecule has 2 aliphatic rings. The third-order valence-electron chi connectivity index (χ3n) is 6.87. The quantitative estimate of drug-likeness (QED) is 0.415. The van der Waals surface area contributed by atoms with Crippen LogP contribution in [-0.2, 0) is 9.53 Å². The zero-order valence-corrected chi connectivity index (χ0v) is 21.2. The van der Waals surface area contributed by atoms with Gasteiger partial charge in [0.2, 0.25) is 6.79 Å². The minimum Gasteiger partial charge on any atom is -0.454 e. The number of carbonyl (C=O) groups excluding carboxylic acids is 2. The molecule has 2 atom stereocenters. The average Bonchev–Trinajstić information content (AvgIpc) is 3.40. The van der Waals surface area contributed by atoms with Gasteiger partial charge in [-0.25, -0.2) is 4.79 Å². The van der Waals surface area contributed by atoms with E-state index < -0.39 is 24.2 Å². The summed E-state index contributed by atoms with van der Waals surface area (Å²) in [6.45, 7) is 1.95. The number of fused-ring (bicyclic) bond motifs is 1. The zero-order chi connectivity index (χ0) is 27.6. The zero-order valence-electron chi connectivity index (χ0n) is 21.2. The molecule has 0 radical (unpaired) electrons. The fourth-order valence-electron chi connectivity index (χ4n) is 4.90. The Bertz CT molecular complexity index is 1320. The maximum Gasteiger partial charge on any atom is 0.432 e. The number of carbonyl (C=O) groups is 2. The van der Waals surface area contributed by atoms with Crippen LogP contribution in [0.4, 0.5) is 18.0 Å². The van der Waals surface area contributed by atoms with Gasteiger partial charge >= 0.3 is 12.3 Å². The summed E-state index contributed by atoms with van der Waals surface area (Å²) in [5.74, 6) is 0.0357. The number of hydrogen-bond acceptors (Lipinski definition) is 6. The average molecular weight is 541 g/mol. The summed E-state index contributed by atoms with van der Waals surface area (Å²) >= 11 is 0. The third-order valence-corrected chi connectivity index (χ3v) is 6.87. The van der Waals surface area contributed by atoms with E-state index in [1.807, 2.05) is 48.5 Å². The van der Waals surface area contributed by atoms with Crippen LogP contribution >= 0.6 is 0 Å².